The molecule has 1 saturated carbocycles. The van der Waals surface area contributed by atoms with Gasteiger partial charge in [0.2, 0.25) is 0 Å². The molecule has 0 aliphatic heterocycles. The van der Waals surface area contributed by atoms with Gasteiger partial charge in [-0.3, -0.25) is 5.32 Å². The SMILES string of the molecule is CC(C)(C)CC(C)(C)n1nnnc1C(NC1CCCCC1N)c1ccc(C#N)cc1. The zero-order valence-electron chi connectivity index (χ0n) is 18.9. The molecule has 0 spiro atoms. The van der Waals surface area contributed by atoms with Crippen LogP contribution in [0.25, 0.3) is 0 Å². The lowest BCUT2D eigenvalue weighted by Gasteiger charge is -2.36. The lowest BCUT2D eigenvalue weighted by atomic mass is 9.81. The largest absolute Gasteiger partial charge is 0.326 e. The number of nitrogens with zero attached hydrogens (tertiary/aromatic N) is 5. The zero-order chi connectivity index (χ0) is 21.9. The van der Waals surface area contributed by atoms with Gasteiger partial charge < -0.3 is 5.73 Å². The van der Waals surface area contributed by atoms with Gasteiger partial charge in [-0.15, -0.1) is 5.10 Å². The van der Waals surface area contributed by atoms with Crippen LogP contribution < -0.4 is 11.1 Å². The number of hydrogen-bond acceptors (Lipinski definition) is 6. The standard InChI is InChI=1S/C23H35N7/c1-22(2,3)15-23(4,5)30-21(27-28-29-30)20(17-12-10-16(14-24)11-13-17)26-19-9-7-6-8-18(19)25/h10-13,18-20,26H,6-9,15,25H2,1-5H3. The number of hydrogen-bond donors (Lipinski definition) is 2. The maximum absolute atomic E-state index is 9.19. The van der Waals surface area contributed by atoms with Crippen molar-refractivity contribution >= 4 is 0 Å². The Morgan fingerprint density at radius 3 is 2.43 bits per heavy atom. The predicted molar refractivity (Wildman–Crippen MR) is 118 cm³/mol. The molecule has 1 fully saturated rings. The Kier molecular flexibility index (Phi) is 6.59. The molecule has 3 atom stereocenters. The minimum Gasteiger partial charge on any atom is -0.326 e. The molecule has 30 heavy (non-hydrogen) atoms. The molecule has 1 aliphatic carbocycles. The summed E-state index contributed by atoms with van der Waals surface area (Å²) in [5.74, 6) is 0.784. The highest BCUT2D eigenvalue weighted by atomic mass is 15.6. The monoisotopic (exact) mass is 409 g/mol. The molecular weight excluding hydrogens is 374 g/mol. The maximum atomic E-state index is 9.19. The molecule has 0 radical (unpaired) electrons. The average Bonchev–Trinajstić information content (AvgIpc) is 3.16. The van der Waals surface area contributed by atoms with Crippen molar-refractivity contribution in [1.82, 2.24) is 25.5 Å². The summed E-state index contributed by atoms with van der Waals surface area (Å²) in [7, 11) is 0. The molecule has 1 aromatic carbocycles. The van der Waals surface area contributed by atoms with Gasteiger partial charge in [0.05, 0.1) is 23.2 Å². The normalized spacial score (nSPS) is 21.2. The van der Waals surface area contributed by atoms with Crippen LogP contribution in [0.4, 0.5) is 0 Å². The second-order valence-electron chi connectivity index (χ2n) is 10.4. The first-order valence-electron chi connectivity index (χ1n) is 10.9. The molecule has 3 unspecified atom stereocenters. The van der Waals surface area contributed by atoms with E-state index in [-0.39, 0.29) is 29.1 Å². The van der Waals surface area contributed by atoms with Crippen LogP contribution in [0.15, 0.2) is 24.3 Å². The Bertz CT molecular complexity index is 870. The van der Waals surface area contributed by atoms with Crippen LogP contribution in [-0.4, -0.2) is 32.3 Å². The van der Waals surface area contributed by atoms with Gasteiger partial charge >= 0.3 is 0 Å². The van der Waals surface area contributed by atoms with Crippen molar-refractivity contribution in [3.05, 3.63) is 41.2 Å². The van der Waals surface area contributed by atoms with E-state index in [4.69, 9.17) is 5.73 Å². The van der Waals surface area contributed by atoms with Crippen molar-refractivity contribution in [1.29, 1.82) is 5.26 Å². The van der Waals surface area contributed by atoms with Gasteiger partial charge in [-0.1, -0.05) is 45.7 Å². The zero-order valence-corrected chi connectivity index (χ0v) is 18.9. The van der Waals surface area contributed by atoms with Crippen LogP contribution in [0, 0.1) is 16.7 Å². The highest BCUT2D eigenvalue weighted by Crippen LogP contribution is 2.34. The summed E-state index contributed by atoms with van der Waals surface area (Å²) in [4.78, 5) is 0. The lowest BCUT2D eigenvalue weighted by molar-refractivity contribution is 0.186. The van der Waals surface area contributed by atoms with E-state index in [1.54, 1.807) is 0 Å². The molecule has 1 heterocycles. The Hall–Kier alpha value is -2.30. The van der Waals surface area contributed by atoms with Crippen molar-refractivity contribution in [3.8, 4) is 6.07 Å². The molecule has 7 heteroatoms. The van der Waals surface area contributed by atoms with Crippen molar-refractivity contribution < 1.29 is 0 Å². The predicted octanol–water partition coefficient (Wildman–Crippen LogP) is 3.66. The van der Waals surface area contributed by atoms with E-state index in [0.717, 1.165) is 30.7 Å². The summed E-state index contributed by atoms with van der Waals surface area (Å²) in [5, 5.41) is 25.9. The van der Waals surface area contributed by atoms with Gasteiger partial charge in [-0.25, -0.2) is 4.68 Å². The molecule has 3 N–H and O–H groups in total. The van der Waals surface area contributed by atoms with Gasteiger partial charge in [0.1, 0.15) is 0 Å². The van der Waals surface area contributed by atoms with Crippen LogP contribution >= 0.6 is 0 Å². The van der Waals surface area contributed by atoms with Gasteiger partial charge in [0, 0.05) is 12.1 Å². The van der Waals surface area contributed by atoms with Gasteiger partial charge in [-0.2, -0.15) is 5.26 Å². The second-order valence-corrected chi connectivity index (χ2v) is 10.4. The first-order chi connectivity index (χ1) is 14.1. The summed E-state index contributed by atoms with van der Waals surface area (Å²) in [6, 6.07) is 9.99. The Morgan fingerprint density at radius 1 is 1.17 bits per heavy atom. The van der Waals surface area contributed by atoms with Gasteiger partial charge in [0.15, 0.2) is 5.82 Å². The smallest absolute Gasteiger partial charge is 0.173 e. The second kappa shape index (κ2) is 8.83. The Morgan fingerprint density at radius 2 is 1.83 bits per heavy atom. The highest BCUT2D eigenvalue weighted by molar-refractivity contribution is 5.35. The minimum absolute atomic E-state index is 0.117. The third-order valence-corrected chi connectivity index (χ3v) is 5.86. The first kappa shape index (κ1) is 22.4. The van der Waals surface area contributed by atoms with E-state index in [9.17, 15) is 5.26 Å². The topological polar surface area (TPSA) is 105 Å². The summed E-state index contributed by atoms with van der Waals surface area (Å²) in [6.07, 6.45) is 5.35. The van der Waals surface area contributed by atoms with Crippen molar-refractivity contribution in [3.63, 3.8) is 0 Å². The summed E-state index contributed by atoms with van der Waals surface area (Å²) >= 11 is 0. The quantitative estimate of drug-likeness (QED) is 0.754. The highest BCUT2D eigenvalue weighted by Gasteiger charge is 2.35. The fourth-order valence-electron chi connectivity index (χ4n) is 4.83. The molecule has 1 aromatic heterocycles. The molecule has 1 aliphatic rings. The number of tetrazole rings is 1. The molecule has 0 amide bonds. The van der Waals surface area contributed by atoms with Crippen LogP contribution in [0.3, 0.4) is 0 Å². The van der Waals surface area contributed by atoms with Gasteiger partial charge in [-0.05, 0) is 66.6 Å². The number of nitrogens with one attached hydrogen (secondary N) is 1. The van der Waals surface area contributed by atoms with Crippen LogP contribution in [0.2, 0.25) is 0 Å². The maximum Gasteiger partial charge on any atom is 0.173 e. The van der Waals surface area contributed by atoms with Crippen LogP contribution in [0.1, 0.15) is 89.7 Å². The molecular formula is C23H35N7. The lowest BCUT2D eigenvalue weighted by Crippen LogP contribution is -2.49. The fraction of sp³-hybridized carbons (Fsp3) is 0.652. The van der Waals surface area contributed by atoms with E-state index in [0.29, 0.717) is 5.56 Å². The van der Waals surface area contributed by atoms with E-state index in [1.165, 1.54) is 12.8 Å². The van der Waals surface area contributed by atoms with E-state index in [2.05, 4.69) is 61.5 Å². The van der Waals surface area contributed by atoms with Crippen LogP contribution in [0.5, 0.6) is 0 Å². The summed E-state index contributed by atoms with van der Waals surface area (Å²) in [5.41, 5.74) is 8.01. The number of rotatable bonds is 6. The number of nitrogens with two attached hydrogens (primary N) is 1. The number of aromatic nitrogens is 4. The third kappa shape index (κ3) is 5.24. The van der Waals surface area contributed by atoms with Crippen LogP contribution in [-0.2, 0) is 5.54 Å². The number of nitriles is 1. The average molecular weight is 410 g/mol. The van der Waals surface area contributed by atoms with Crippen molar-refractivity contribution in [2.24, 2.45) is 11.1 Å². The number of benzene rings is 1. The molecule has 162 valence electrons. The van der Waals surface area contributed by atoms with E-state index >= 15 is 0 Å². The van der Waals surface area contributed by atoms with E-state index in [1.807, 2.05) is 28.9 Å². The third-order valence-electron chi connectivity index (χ3n) is 5.86. The van der Waals surface area contributed by atoms with E-state index < -0.39 is 0 Å². The van der Waals surface area contributed by atoms with Crippen molar-refractivity contribution in [2.45, 2.75) is 90.4 Å². The molecule has 3 rings (SSSR count). The first-order valence-corrected chi connectivity index (χ1v) is 10.9. The molecule has 0 saturated heterocycles. The Balaban J connectivity index is 2.00. The molecule has 7 nitrogen and oxygen atoms in total. The van der Waals surface area contributed by atoms with Gasteiger partial charge in [0.25, 0.3) is 0 Å². The minimum atomic E-state index is -0.252. The summed E-state index contributed by atoms with van der Waals surface area (Å²) < 4.78 is 1.96. The fourth-order valence-corrected chi connectivity index (χ4v) is 4.83. The van der Waals surface area contributed by atoms with Crippen molar-refractivity contribution in [2.75, 3.05) is 0 Å². The molecule has 2 aromatic rings. The Labute approximate surface area is 180 Å². The summed E-state index contributed by atoms with van der Waals surface area (Å²) in [6.45, 7) is 11.1. The molecule has 0 bridgehead atoms.